The lowest BCUT2D eigenvalue weighted by molar-refractivity contribution is -0.113. The fourth-order valence-electron chi connectivity index (χ4n) is 2.38. The Morgan fingerprint density at radius 1 is 1.14 bits per heavy atom. The number of aromatic nitrogens is 3. The smallest absolute Gasteiger partial charge is 0.234 e. The van der Waals surface area contributed by atoms with Crippen LogP contribution in [0.1, 0.15) is 11.4 Å². The molecule has 0 aliphatic heterocycles. The molecule has 3 aromatic rings. The van der Waals surface area contributed by atoms with Gasteiger partial charge < -0.3 is 14.6 Å². The van der Waals surface area contributed by atoms with Gasteiger partial charge in [-0.3, -0.25) is 4.79 Å². The fraction of sp³-hybridized carbons (Fsp3) is 0.211. The SMILES string of the molecule is Cc1cccc(OCc2nnc(SCC(=O)Nc3cc(Cl)c(Cl)cc3Cl)n2C)c1. The van der Waals surface area contributed by atoms with Crippen LogP contribution < -0.4 is 10.1 Å². The van der Waals surface area contributed by atoms with Crippen molar-refractivity contribution in [2.24, 2.45) is 7.05 Å². The van der Waals surface area contributed by atoms with Crippen molar-refractivity contribution in [1.29, 1.82) is 0 Å². The molecule has 6 nitrogen and oxygen atoms in total. The monoisotopic (exact) mass is 470 g/mol. The van der Waals surface area contributed by atoms with Crippen molar-refractivity contribution in [2.75, 3.05) is 11.1 Å². The lowest BCUT2D eigenvalue weighted by Crippen LogP contribution is -2.15. The van der Waals surface area contributed by atoms with Gasteiger partial charge in [0.05, 0.1) is 26.5 Å². The minimum absolute atomic E-state index is 0.126. The highest BCUT2D eigenvalue weighted by Gasteiger charge is 2.14. The molecule has 0 aliphatic carbocycles. The number of benzene rings is 2. The molecule has 0 unspecified atom stereocenters. The summed E-state index contributed by atoms with van der Waals surface area (Å²) in [4.78, 5) is 12.2. The van der Waals surface area contributed by atoms with E-state index in [9.17, 15) is 4.79 Å². The first-order valence-electron chi connectivity index (χ1n) is 8.48. The number of carbonyl (C=O) groups is 1. The third-order valence-corrected chi connectivity index (χ3v) is 5.95. The molecule has 0 saturated carbocycles. The Morgan fingerprint density at radius 3 is 2.66 bits per heavy atom. The van der Waals surface area contributed by atoms with Gasteiger partial charge in [0, 0.05) is 7.05 Å². The van der Waals surface area contributed by atoms with Crippen LogP contribution >= 0.6 is 46.6 Å². The third-order valence-electron chi connectivity index (χ3n) is 3.90. The summed E-state index contributed by atoms with van der Waals surface area (Å²) in [5.74, 6) is 1.29. The summed E-state index contributed by atoms with van der Waals surface area (Å²) in [6.07, 6.45) is 0. The molecule has 0 atom stereocenters. The quantitative estimate of drug-likeness (QED) is 0.369. The topological polar surface area (TPSA) is 69.0 Å². The van der Waals surface area contributed by atoms with E-state index in [-0.39, 0.29) is 18.3 Å². The predicted octanol–water partition coefficient (Wildman–Crippen LogP) is 5.39. The van der Waals surface area contributed by atoms with E-state index < -0.39 is 0 Å². The van der Waals surface area contributed by atoms with Crippen LogP contribution in [-0.2, 0) is 18.4 Å². The molecular formula is C19H17Cl3N4O2S. The van der Waals surface area contributed by atoms with E-state index in [0.29, 0.717) is 31.7 Å². The number of ether oxygens (including phenoxy) is 1. The number of anilines is 1. The summed E-state index contributed by atoms with van der Waals surface area (Å²) >= 11 is 19.2. The standard InChI is InChI=1S/C19H17Cl3N4O2S/c1-11-4-3-5-12(6-11)28-9-17-24-25-19(26(17)2)29-10-18(27)23-16-8-14(21)13(20)7-15(16)22/h3-8H,9-10H2,1-2H3,(H,23,27). The minimum Gasteiger partial charge on any atom is -0.486 e. The highest BCUT2D eigenvalue weighted by molar-refractivity contribution is 7.99. The number of nitrogens with zero attached hydrogens (tertiary/aromatic N) is 3. The summed E-state index contributed by atoms with van der Waals surface area (Å²) in [5, 5.41) is 12.5. The number of amides is 1. The zero-order valence-electron chi connectivity index (χ0n) is 15.6. The van der Waals surface area contributed by atoms with Crippen molar-refractivity contribution < 1.29 is 9.53 Å². The Balaban J connectivity index is 1.56. The predicted molar refractivity (Wildman–Crippen MR) is 117 cm³/mol. The second-order valence-corrected chi connectivity index (χ2v) is 8.31. The van der Waals surface area contributed by atoms with Gasteiger partial charge in [-0.2, -0.15) is 0 Å². The minimum atomic E-state index is -0.254. The number of aryl methyl sites for hydroxylation is 1. The van der Waals surface area contributed by atoms with Crippen LogP contribution in [0.2, 0.25) is 15.1 Å². The maximum absolute atomic E-state index is 12.2. The zero-order valence-corrected chi connectivity index (χ0v) is 18.7. The molecule has 0 bridgehead atoms. The maximum atomic E-state index is 12.2. The highest BCUT2D eigenvalue weighted by Crippen LogP contribution is 2.32. The van der Waals surface area contributed by atoms with E-state index in [4.69, 9.17) is 39.5 Å². The van der Waals surface area contributed by atoms with Crippen LogP contribution in [0.15, 0.2) is 41.6 Å². The van der Waals surface area contributed by atoms with E-state index in [1.54, 1.807) is 4.57 Å². The van der Waals surface area contributed by atoms with Gasteiger partial charge in [-0.15, -0.1) is 10.2 Å². The van der Waals surface area contributed by atoms with Crippen molar-refractivity contribution >= 4 is 58.2 Å². The van der Waals surface area contributed by atoms with Crippen LogP contribution in [0.3, 0.4) is 0 Å². The molecule has 1 N–H and O–H groups in total. The van der Waals surface area contributed by atoms with Crippen molar-refractivity contribution in [2.45, 2.75) is 18.7 Å². The molecule has 1 heterocycles. The van der Waals surface area contributed by atoms with E-state index in [0.717, 1.165) is 11.3 Å². The summed E-state index contributed by atoms with van der Waals surface area (Å²) in [5.41, 5.74) is 1.52. The average molecular weight is 472 g/mol. The van der Waals surface area contributed by atoms with Crippen molar-refractivity contribution in [3.05, 3.63) is 62.9 Å². The van der Waals surface area contributed by atoms with Crippen molar-refractivity contribution in [3.8, 4) is 5.75 Å². The summed E-state index contributed by atoms with van der Waals surface area (Å²) in [6.45, 7) is 2.28. The van der Waals surface area contributed by atoms with Gasteiger partial charge in [0.2, 0.25) is 5.91 Å². The first kappa shape index (κ1) is 21.8. The highest BCUT2D eigenvalue weighted by atomic mass is 35.5. The Bertz CT molecular complexity index is 1040. The molecule has 1 aromatic heterocycles. The molecule has 0 spiro atoms. The molecule has 0 aliphatic rings. The number of halogens is 3. The number of hydrogen-bond donors (Lipinski definition) is 1. The molecule has 29 heavy (non-hydrogen) atoms. The summed E-state index contributed by atoms with van der Waals surface area (Å²) in [7, 11) is 1.82. The molecule has 0 radical (unpaired) electrons. The molecule has 1 amide bonds. The molecular weight excluding hydrogens is 455 g/mol. The van der Waals surface area contributed by atoms with Gasteiger partial charge in [-0.05, 0) is 36.8 Å². The van der Waals surface area contributed by atoms with Crippen LogP contribution in [0.25, 0.3) is 0 Å². The first-order valence-corrected chi connectivity index (χ1v) is 10.6. The largest absolute Gasteiger partial charge is 0.486 e. The van der Waals surface area contributed by atoms with Crippen LogP contribution in [0.4, 0.5) is 5.69 Å². The second-order valence-electron chi connectivity index (χ2n) is 6.15. The van der Waals surface area contributed by atoms with Gasteiger partial charge >= 0.3 is 0 Å². The van der Waals surface area contributed by atoms with E-state index in [2.05, 4.69) is 15.5 Å². The molecule has 3 rings (SSSR count). The third kappa shape index (κ3) is 5.79. The Labute approximate surface area is 187 Å². The van der Waals surface area contributed by atoms with Crippen molar-refractivity contribution in [3.63, 3.8) is 0 Å². The normalized spacial score (nSPS) is 10.8. The average Bonchev–Trinajstić information content (AvgIpc) is 3.02. The molecule has 0 saturated heterocycles. The van der Waals surface area contributed by atoms with Gasteiger partial charge in [-0.25, -0.2) is 0 Å². The zero-order chi connectivity index (χ0) is 21.0. The molecule has 0 fully saturated rings. The maximum Gasteiger partial charge on any atom is 0.234 e. The van der Waals surface area contributed by atoms with Gasteiger partial charge in [0.15, 0.2) is 11.0 Å². The summed E-state index contributed by atoms with van der Waals surface area (Å²) < 4.78 is 7.55. The van der Waals surface area contributed by atoms with Crippen LogP contribution in [0, 0.1) is 6.92 Å². The van der Waals surface area contributed by atoms with Gasteiger partial charge in [-0.1, -0.05) is 58.7 Å². The van der Waals surface area contributed by atoms with E-state index in [1.165, 1.54) is 23.9 Å². The fourth-order valence-corrected chi connectivity index (χ4v) is 3.71. The lowest BCUT2D eigenvalue weighted by atomic mass is 10.2. The number of thioether (sulfide) groups is 1. The molecule has 152 valence electrons. The Kier molecular flexibility index (Phi) is 7.29. The number of nitrogens with one attached hydrogen (secondary N) is 1. The Morgan fingerprint density at radius 2 is 1.90 bits per heavy atom. The summed E-state index contributed by atoms with van der Waals surface area (Å²) in [6, 6.07) is 10.8. The van der Waals surface area contributed by atoms with Gasteiger partial charge in [0.25, 0.3) is 0 Å². The Hall–Kier alpha value is -1.93. The number of hydrogen-bond acceptors (Lipinski definition) is 5. The molecule has 10 heteroatoms. The number of carbonyl (C=O) groups excluding carboxylic acids is 1. The van der Waals surface area contributed by atoms with Gasteiger partial charge in [0.1, 0.15) is 12.4 Å². The first-order chi connectivity index (χ1) is 13.8. The van der Waals surface area contributed by atoms with Crippen LogP contribution in [0.5, 0.6) is 5.75 Å². The van der Waals surface area contributed by atoms with E-state index >= 15 is 0 Å². The molecule has 2 aromatic carbocycles. The number of rotatable bonds is 7. The second kappa shape index (κ2) is 9.71. The van der Waals surface area contributed by atoms with Crippen LogP contribution in [-0.4, -0.2) is 26.4 Å². The van der Waals surface area contributed by atoms with Crippen molar-refractivity contribution in [1.82, 2.24) is 14.8 Å². The van der Waals surface area contributed by atoms with E-state index in [1.807, 2.05) is 38.2 Å². The lowest BCUT2D eigenvalue weighted by Gasteiger charge is -2.09.